The van der Waals surface area contributed by atoms with Crippen LogP contribution in [0.1, 0.15) is 66.2 Å². The van der Waals surface area contributed by atoms with E-state index in [4.69, 9.17) is 4.74 Å². The summed E-state index contributed by atoms with van der Waals surface area (Å²) >= 11 is 0. The van der Waals surface area contributed by atoms with Crippen molar-refractivity contribution in [3.8, 4) is 0 Å². The van der Waals surface area contributed by atoms with E-state index in [-0.39, 0.29) is 12.2 Å². The first-order chi connectivity index (χ1) is 8.58. The second-order valence-corrected chi connectivity index (χ2v) is 6.34. The van der Waals surface area contributed by atoms with E-state index in [0.29, 0.717) is 17.8 Å². The minimum atomic E-state index is -0.257. The van der Waals surface area contributed by atoms with Gasteiger partial charge < -0.3 is 9.84 Å². The van der Waals surface area contributed by atoms with Crippen molar-refractivity contribution in [1.82, 2.24) is 0 Å². The van der Waals surface area contributed by atoms with Crippen molar-refractivity contribution >= 4 is 0 Å². The Labute approximate surface area is 113 Å². The van der Waals surface area contributed by atoms with Gasteiger partial charge in [-0.15, -0.1) is 0 Å². The molecule has 1 N–H and O–H groups in total. The van der Waals surface area contributed by atoms with E-state index in [1.165, 1.54) is 32.1 Å². The molecule has 0 radical (unpaired) electrons. The number of hydrogen-bond acceptors (Lipinski definition) is 2. The lowest BCUT2D eigenvalue weighted by Gasteiger charge is -2.37. The van der Waals surface area contributed by atoms with E-state index in [0.717, 1.165) is 13.0 Å². The van der Waals surface area contributed by atoms with E-state index >= 15 is 0 Å². The van der Waals surface area contributed by atoms with Crippen molar-refractivity contribution in [2.24, 2.45) is 17.8 Å². The summed E-state index contributed by atoms with van der Waals surface area (Å²) in [6.45, 7) is 9.76. The zero-order chi connectivity index (χ0) is 13.5. The Morgan fingerprint density at radius 3 is 2.50 bits per heavy atom. The highest BCUT2D eigenvalue weighted by Crippen LogP contribution is 2.31. The predicted octanol–water partition coefficient (Wildman–Crippen LogP) is 4.01. The summed E-state index contributed by atoms with van der Waals surface area (Å²) in [5.74, 6) is 1.80. The molecule has 1 aliphatic rings. The minimum absolute atomic E-state index is 0.0666. The maximum Gasteiger partial charge on any atom is 0.0859 e. The molecule has 0 aromatic carbocycles. The van der Waals surface area contributed by atoms with E-state index in [9.17, 15) is 5.11 Å². The summed E-state index contributed by atoms with van der Waals surface area (Å²) in [7, 11) is 0. The molecular weight excluding hydrogens is 224 g/mol. The molecular formula is C16H32O2. The Morgan fingerprint density at radius 1 is 1.22 bits per heavy atom. The molecule has 0 heterocycles. The summed E-state index contributed by atoms with van der Waals surface area (Å²) in [6.07, 6.45) is 6.91. The Morgan fingerprint density at radius 2 is 1.94 bits per heavy atom. The van der Waals surface area contributed by atoms with Gasteiger partial charge >= 0.3 is 0 Å². The number of hydrogen-bond donors (Lipinski definition) is 1. The van der Waals surface area contributed by atoms with Crippen molar-refractivity contribution in [1.29, 1.82) is 0 Å². The van der Waals surface area contributed by atoms with Gasteiger partial charge in [0.2, 0.25) is 0 Å². The molecule has 0 aliphatic heterocycles. The third-order valence-corrected chi connectivity index (χ3v) is 4.43. The van der Waals surface area contributed by atoms with E-state index in [2.05, 4.69) is 27.7 Å². The Bertz CT molecular complexity index is 205. The van der Waals surface area contributed by atoms with Gasteiger partial charge in [-0.3, -0.25) is 0 Å². The first-order valence-corrected chi connectivity index (χ1v) is 7.88. The molecule has 5 atom stereocenters. The normalized spacial score (nSPS) is 34.5. The second-order valence-electron chi connectivity index (χ2n) is 6.34. The molecule has 0 aromatic rings. The Hall–Kier alpha value is -0.0800. The standard InChI is InChI=1S/C16H32O2/c1-5-7-8-14(6-2)11-18-16-13(4)9-12(3)10-15(16)17/h12-17H,5-11H2,1-4H3. The minimum Gasteiger partial charge on any atom is -0.390 e. The summed E-state index contributed by atoms with van der Waals surface area (Å²) in [4.78, 5) is 0. The number of ether oxygens (including phenoxy) is 1. The van der Waals surface area contributed by atoms with Crippen LogP contribution in [0, 0.1) is 17.8 Å². The van der Waals surface area contributed by atoms with Crippen molar-refractivity contribution in [3.05, 3.63) is 0 Å². The van der Waals surface area contributed by atoms with Gasteiger partial charge in [0, 0.05) is 6.61 Å². The molecule has 0 aromatic heterocycles. The zero-order valence-electron chi connectivity index (χ0n) is 12.7. The number of aliphatic hydroxyl groups is 1. The average Bonchev–Trinajstić information content (AvgIpc) is 2.31. The van der Waals surface area contributed by atoms with E-state index in [1.54, 1.807) is 0 Å². The van der Waals surface area contributed by atoms with Crippen molar-refractivity contribution in [2.45, 2.75) is 78.4 Å². The van der Waals surface area contributed by atoms with Gasteiger partial charge in [0.05, 0.1) is 12.2 Å². The van der Waals surface area contributed by atoms with Gasteiger partial charge in [0.1, 0.15) is 0 Å². The molecule has 0 saturated heterocycles. The third kappa shape index (κ3) is 4.89. The Kier molecular flexibility index (Phi) is 7.25. The molecule has 2 heteroatoms. The smallest absolute Gasteiger partial charge is 0.0859 e. The van der Waals surface area contributed by atoms with Crippen molar-refractivity contribution in [3.63, 3.8) is 0 Å². The number of rotatable bonds is 7. The van der Waals surface area contributed by atoms with Crippen LogP contribution in [-0.4, -0.2) is 23.9 Å². The quantitative estimate of drug-likeness (QED) is 0.745. The van der Waals surface area contributed by atoms with Gasteiger partial charge in [-0.05, 0) is 37.0 Å². The molecule has 1 rings (SSSR count). The van der Waals surface area contributed by atoms with Crippen LogP contribution in [0.2, 0.25) is 0 Å². The van der Waals surface area contributed by atoms with E-state index < -0.39 is 0 Å². The molecule has 2 nitrogen and oxygen atoms in total. The predicted molar refractivity (Wildman–Crippen MR) is 76.6 cm³/mol. The van der Waals surface area contributed by atoms with Crippen molar-refractivity contribution < 1.29 is 9.84 Å². The molecule has 0 bridgehead atoms. The SMILES string of the molecule is CCCCC(CC)COC1C(C)CC(C)CC1O. The fraction of sp³-hybridized carbons (Fsp3) is 1.00. The van der Waals surface area contributed by atoms with Crippen LogP contribution >= 0.6 is 0 Å². The number of aliphatic hydroxyl groups excluding tert-OH is 1. The van der Waals surface area contributed by atoms with Crippen LogP contribution in [0.4, 0.5) is 0 Å². The van der Waals surface area contributed by atoms with Crippen LogP contribution in [0.5, 0.6) is 0 Å². The highest BCUT2D eigenvalue weighted by molar-refractivity contribution is 4.83. The lowest BCUT2D eigenvalue weighted by atomic mass is 9.79. The third-order valence-electron chi connectivity index (χ3n) is 4.43. The van der Waals surface area contributed by atoms with Gasteiger partial charge in [0.25, 0.3) is 0 Å². The lowest BCUT2D eigenvalue weighted by Crippen LogP contribution is -2.41. The molecule has 108 valence electrons. The first-order valence-electron chi connectivity index (χ1n) is 7.88. The molecule has 18 heavy (non-hydrogen) atoms. The maximum absolute atomic E-state index is 10.1. The largest absolute Gasteiger partial charge is 0.390 e. The van der Waals surface area contributed by atoms with Crippen LogP contribution in [0.25, 0.3) is 0 Å². The van der Waals surface area contributed by atoms with Gasteiger partial charge in [-0.25, -0.2) is 0 Å². The average molecular weight is 256 g/mol. The molecule has 0 amide bonds. The van der Waals surface area contributed by atoms with Gasteiger partial charge in [0.15, 0.2) is 0 Å². The first kappa shape index (κ1) is 16.0. The molecule has 5 unspecified atom stereocenters. The zero-order valence-corrected chi connectivity index (χ0v) is 12.7. The fourth-order valence-corrected chi connectivity index (χ4v) is 3.21. The second kappa shape index (κ2) is 8.16. The van der Waals surface area contributed by atoms with Crippen LogP contribution in [0.15, 0.2) is 0 Å². The highest BCUT2D eigenvalue weighted by atomic mass is 16.5. The summed E-state index contributed by atoms with van der Waals surface area (Å²) < 4.78 is 6.06. The molecule has 0 spiro atoms. The highest BCUT2D eigenvalue weighted by Gasteiger charge is 2.33. The topological polar surface area (TPSA) is 29.5 Å². The van der Waals surface area contributed by atoms with Gasteiger partial charge in [-0.2, -0.15) is 0 Å². The Balaban J connectivity index is 2.36. The fourth-order valence-electron chi connectivity index (χ4n) is 3.21. The monoisotopic (exact) mass is 256 g/mol. The van der Waals surface area contributed by atoms with E-state index in [1.807, 2.05) is 0 Å². The summed E-state index contributed by atoms with van der Waals surface area (Å²) in [6, 6.07) is 0. The summed E-state index contributed by atoms with van der Waals surface area (Å²) in [5, 5.41) is 10.1. The number of unbranched alkanes of at least 4 members (excludes halogenated alkanes) is 1. The van der Waals surface area contributed by atoms with Crippen LogP contribution in [0.3, 0.4) is 0 Å². The van der Waals surface area contributed by atoms with Crippen LogP contribution in [-0.2, 0) is 4.74 Å². The maximum atomic E-state index is 10.1. The molecule has 1 fully saturated rings. The van der Waals surface area contributed by atoms with Crippen LogP contribution < -0.4 is 0 Å². The lowest BCUT2D eigenvalue weighted by molar-refractivity contribution is -0.105. The summed E-state index contributed by atoms with van der Waals surface area (Å²) in [5.41, 5.74) is 0. The van der Waals surface area contributed by atoms with Gasteiger partial charge in [-0.1, -0.05) is 47.0 Å². The molecule has 1 aliphatic carbocycles. The molecule has 1 saturated carbocycles. The van der Waals surface area contributed by atoms with Crippen molar-refractivity contribution in [2.75, 3.05) is 6.61 Å².